The van der Waals surface area contributed by atoms with E-state index in [-0.39, 0.29) is 11.4 Å². The first-order valence-electron chi connectivity index (χ1n) is 8.63. The lowest BCUT2D eigenvalue weighted by Crippen LogP contribution is -2.02. The van der Waals surface area contributed by atoms with E-state index in [4.69, 9.17) is 10.00 Å². The molecule has 0 aliphatic carbocycles. The number of ether oxygens (including phenoxy) is 1. The molecule has 0 bridgehead atoms. The topological polar surface area (TPSA) is 73.9 Å². The predicted octanol–water partition coefficient (Wildman–Crippen LogP) is 4.93. The van der Waals surface area contributed by atoms with Gasteiger partial charge in [0.1, 0.15) is 24.0 Å². The van der Waals surface area contributed by atoms with Crippen molar-refractivity contribution in [1.29, 1.82) is 10.5 Å². The van der Waals surface area contributed by atoms with E-state index in [1.54, 1.807) is 54.6 Å². The molecule has 3 aromatic carbocycles. The molecule has 3 rings (SSSR count). The summed E-state index contributed by atoms with van der Waals surface area (Å²) in [6.45, 7) is 0.311. The van der Waals surface area contributed by atoms with Crippen LogP contribution in [0.5, 0.6) is 5.75 Å². The maximum Gasteiger partial charge on any atom is 0.203 e. The first-order valence-corrected chi connectivity index (χ1v) is 8.63. The summed E-state index contributed by atoms with van der Waals surface area (Å²) in [5, 5.41) is 18.3. The van der Waals surface area contributed by atoms with Gasteiger partial charge in [-0.05, 0) is 29.8 Å². The summed E-state index contributed by atoms with van der Waals surface area (Å²) in [5.74, 6) is 0.241. The van der Waals surface area contributed by atoms with Gasteiger partial charge < -0.3 is 4.74 Å². The van der Waals surface area contributed by atoms with Gasteiger partial charge in [-0.3, -0.25) is 4.79 Å². The second-order valence-electron chi connectivity index (χ2n) is 6.00. The molecule has 0 aliphatic rings. The fraction of sp³-hybridized carbons (Fsp3) is 0.0417. The van der Waals surface area contributed by atoms with Crippen molar-refractivity contribution in [3.8, 4) is 17.9 Å². The van der Waals surface area contributed by atoms with E-state index in [2.05, 4.69) is 6.07 Å². The summed E-state index contributed by atoms with van der Waals surface area (Å²) in [7, 11) is 0. The Kier molecular flexibility index (Phi) is 5.98. The van der Waals surface area contributed by atoms with E-state index in [1.165, 1.54) is 0 Å². The minimum atomic E-state index is -0.329. The van der Waals surface area contributed by atoms with Crippen molar-refractivity contribution in [2.24, 2.45) is 0 Å². The number of hydrogen-bond donors (Lipinski definition) is 0. The number of nitrogens with zero attached hydrogens (tertiary/aromatic N) is 2. The third-order valence-corrected chi connectivity index (χ3v) is 4.10. The van der Waals surface area contributed by atoms with E-state index >= 15 is 0 Å². The Bertz CT molecular complexity index is 1090. The third kappa shape index (κ3) is 4.52. The molecule has 0 spiro atoms. The number of nitriles is 2. The van der Waals surface area contributed by atoms with Crippen molar-refractivity contribution in [2.45, 2.75) is 6.61 Å². The van der Waals surface area contributed by atoms with Crippen LogP contribution >= 0.6 is 0 Å². The standard InChI is InChI=1S/C24H16N2O2/c25-15-18-10-12-19(13-11-18)17-28-23-9-5-4-8-21(23)14-22(16-26)24(27)20-6-2-1-3-7-20/h1-14H,17H2/b22-14+. The van der Waals surface area contributed by atoms with E-state index in [0.29, 0.717) is 29.0 Å². The highest BCUT2D eigenvalue weighted by atomic mass is 16.5. The largest absolute Gasteiger partial charge is 0.488 e. The van der Waals surface area contributed by atoms with E-state index in [1.807, 2.05) is 36.4 Å². The Morgan fingerprint density at radius 1 is 0.893 bits per heavy atom. The van der Waals surface area contributed by atoms with Crippen molar-refractivity contribution < 1.29 is 9.53 Å². The molecule has 0 saturated carbocycles. The Hall–Kier alpha value is -4.15. The molecule has 0 aliphatic heterocycles. The summed E-state index contributed by atoms with van der Waals surface area (Å²) >= 11 is 0. The molecule has 0 aromatic heterocycles. The Morgan fingerprint density at radius 3 is 2.25 bits per heavy atom. The van der Waals surface area contributed by atoms with Crippen LogP contribution in [0, 0.1) is 22.7 Å². The molecule has 4 heteroatoms. The lowest BCUT2D eigenvalue weighted by Gasteiger charge is -2.10. The molecule has 0 unspecified atom stereocenters. The summed E-state index contributed by atoms with van der Waals surface area (Å²) in [4.78, 5) is 12.6. The van der Waals surface area contributed by atoms with Crippen LogP contribution < -0.4 is 4.74 Å². The van der Waals surface area contributed by atoms with Crippen LogP contribution in [0.1, 0.15) is 27.0 Å². The van der Waals surface area contributed by atoms with Crippen LogP contribution in [0.4, 0.5) is 0 Å². The highest BCUT2D eigenvalue weighted by Gasteiger charge is 2.13. The molecule has 0 heterocycles. The maximum absolute atomic E-state index is 12.6. The van der Waals surface area contributed by atoms with Gasteiger partial charge in [0, 0.05) is 11.1 Å². The van der Waals surface area contributed by atoms with Crippen molar-refractivity contribution in [3.63, 3.8) is 0 Å². The number of ketones is 1. The van der Waals surface area contributed by atoms with Gasteiger partial charge >= 0.3 is 0 Å². The summed E-state index contributed by atoms with van der Waals surface area (Å²) in [6, 6.07) is 27.1. The van der Waals surface area contributed by atoms with Crippen molar-refractivity contribution >= 4 is 11.9 Å². The zero-order valence-electron chi connectivity index (χ0n) is 15.0. The number of carbonyl (C=O) groups excluding carboxylic acids is 1. The van der Waals surface area contributed by atoms with Gasteiger partial charge in [-0.25, -0.2) is 0 Å². The first kappa shape index (κ1) is 18.6. The van der Waals surface area contributed by atoms with Crippen LogP contribution in [0.15, 0.2) is 84.4 Å². The van der Waals surface area contributed by atoms with Gasteiger partial charge in [-0.15, -0.1) is 0 Å². The second-order valence-corrected chi connectivity index (χ2v) is 6.00. The minimum absolute atomic E-state index is 0.0422. The van der Waals surface area contributed by atoms with E-state index in [9.17, 15) is 10.1 Å². The SMILES string of the molecule is N#C/C(=C\c1ccccc1OCc1ccc(C#N)cc1)C(=O)c1ccccc1. The average molecular weight is 364 g/mol. The van der Waals surface area contributed by atoms with Gasteiger partial charge in [0.15, 0.2) is 0 Å². The average Bonchev–Trinajstić information content (AvgIpc) is 2.77. The molecule has 0 atom stereocenters. The Balaban J connectivity index is 1.82. The molecule has 134 valence electrons. The fourth-order valence-corrected chi connectivity index (χ4v) is 2.62. The molecule has 0 amide bonds. The molecular weight excluding hydrogens is 348 g/mol. The monoisotopic (exact) mass is 364 g/mol. The minimum Gasteiger partial charge on any atom is -0.488 e. The molecule has 0 N–H and O–H groups in total. The van der Waals surface area contributed by atoms with Gasteiger partial charge in [-0.1, -0.05) is 60.7 Å². The van der Waals surface area contributed by atoms with Crippen molar-refractivity contribution in [1.82, 2.24) is 0 Å². The van der Waals surface area contributed by atoms with Gasteiger partial charge in [0.05, 0.1) is 11.6 Å². The predicted molar refractivity (Wildman–Crippen MR) is 106 cm³/mol. The van der Waals surface area contributed by atoms with Crippen LogP contribution in [-0.4, -0.2) is 5.78 Å². The number of hydrogen-bond acceptors (Lipinski definition) is 4. The number of benzene rings is 3. The lowest BCUT2D eigenvalue weighted by molar-refractivity contribution is 0.104. The second kappa shape index (κ2) is 8.98. The number of Topliss-reactive ketones (excluding diaryl/α,β-unsaturated/α-hetero) is 1. The molecular formula is C24H16N2O2. The molecule has 3 aromatic rings. The highest BCUT2D eigenvalue weighted by molar-refractivity contribution is 6.14. The summed E-state index contributed by atoms with van der Waals surface area (Å²) in [6.07, 6.45) is 1.55. The molecule has 0 saturated heterocycles. The number of rotatable bonds is 6. The fourth-order valence-electron chi connectivity index (χ4n) is 2.62. The Labute approximate surface area is 163 Å². The maximum atomic E-state index is 12.6. The Morgan fingerprint density at radius 2 is 1.57 bits per heavy atom. The van der Waals surface area contributed by atoms with E-state index < -0.39 is 0 Å². The van der Waals surface area contributed by atoms with Gasteiger partial charge in [0.2, 0.25) is 5.78 Å². The van der Waals surface area contributed by atoms with Crippen LogP contribution in [0.2, 0.25) is 0 Å². The number of carbonyl (C=O) groups is 1. The zero-order chi connectivity index (χ0) is 19.8. The van der Waals surface area contributed by atoms with Crippen molar-refractivity contribution in [2.75, 3.05) is 0 Å². The zero-order valence-corrected chi connectivity index (χ0v) is 15.0. The van der Waals surface area contributed by atoms with E-state index in [0.717, 1.165) is 5.56 Å². The quantitative estimate of drug-likeness (QED) is 0.353. The third-order valence-electron chi connectivity index (χ3n) is 4.10. The normalized spacial score (nSPS) is 10.6. The lowest BCUT2D eigenvalue weighted by atomic mass is 10.0. The summed E-state index contributed by atoms with van der Waals surface area (Å²) < 4.78 is 5.88. The molecule has 4 nitrogen and oxygen atoms in total. The van der Waals surface area contributed by atoms with Gasteiger partial charge in [-0.2, -0.15) is 10.5 Å². The highest BCUT2D eigenvalue weighted by Crippen LogP contribution is 2.23. The van der Waals surface area contributed by atoms with Crippen molar-refractivity contribution in [3.05, 3.63) is 107 Å². The van der Waals surface area contributed by atoms with Crippen LogP contribution in [-0.2, 0) is 6.61 Å². The van der Waals surface area contributed by atoms with Crippen LogP contribution in [0.3, 0.4) is 0 Å². The number of para-hydroxylation sites is 1. The first-order chi connectivity index (χ1) is 13.7. The molecule has 0 fully saturated rings. The smallest absolute Gasteiger partial charge is 0.203 e. The summed E-state index contributed by atoms with van der Waals surface area (Å²) in [5.41, 5.74) is 2.66. The molecule has 28 heavy (non-hydrogen) atoms. The van der Waals surface area contributed by atoms with Gasteiger partial charge in [0.25, 0.3) is 0 Å². The van der Waals surface area contributed by atoms with Crippen LogP contribution in [0.25, 0.3) is 6.08 Å². The molecule has 0 radical (unpaired) electrons. The number of allylic oxidation sites excluding steroid dienone is 1.